The van der Waals surface area contributed by atoms with Crippen molar-refractivity contribution in [3.8, 4) is 0 Å². The van der Waals surface area contributed by atoms with E-state index in [1.54, 1.807) is 18.3 Å². The summed E-state index contributed by atoms with van der Waals surface area (Å²) in [5.41, 5.74) is 8.18. The van der Waals surface area contributed by atoms with E-state index in [1.165, 1.54) is 0 Å². The van der Waals surface area contributed by atoms with Crippen molar-refractivity contribution < 1.29 is 14.7 Å². The predicted molar refractivity (Wildman–Crippen MR) is 99.7 cm³/mol. The highest BCUT2D eigenvalue weighted by molar-refractivity contribution is 5.94. The molecule has 0 aliphatic carbocycles. The molecular formula is C19H24N4O3. The molecule has 1 amide bonds. The van der Waals surface area contributed by atoms with Gasteiger partial charge in [0.25, 0.3) is 5.91 Å². The Morgan fingerprint density at radius 3 is 2.65 bits per heavy atom. The molecule has 1 aromatic heterocycles. The summed E-state index contributed by atoms with van der Waals surface area (Å²) >= 11 is 0. The zero-order chi connectivity index (χ0) is 18.9. The number of nitrogens with zero attached hydrogens (tertiary/aromatic N) is 2. The number of pyridine rings is 1. The minimum absolute atomic E-state index is 0.0572. The van der Waals surface area contributed by atoms with Crippen LogP contribution in [-0.4, -0.2) is 46.5 Å². The first-order valence-corrected chi connectivity index (χ1v) is 8.50. The van der Waals surface area contributed by atoms with Gasteiger partial charge in [-0.05, 0) is 48.7 Å². The number of nitrogens with one attached hydrogen (secondary N) is 1. The molecule has 0 spiro atoms. The molecule has 1 aliphatic heterocycles. The summed E-state index contributed by atoms with van der Waals surface area (Å²) in [5, 5.41) is 11.6. The highest BCUT2D eigenvalue weighted by Crippen LogP contribution is 2.20. The number of hydrogen-bond acceptors (Lipinski definition) is 5. The SMILES string of the molecule is CCNC(=O)c1ccc2c(c1)CCN(CC(=O)O)C2.Nc1ccccn1. The summed E-state index contributed by atoms with van der Waals surface area (Å²) in [6.07, 6.45) is 2.45. The van der Waals surface area contributed by atoms with Gasteiger partial charge in [-0.15, -0.1) is 0 Å². The fourth-order valence-electron chi connectivity index (χ4n) is 2.72. The molecule has 0 bridgehead atoms. The third-order valence-corrected chi connectivity index (χ3v) is 3.94. The van der Waals surface area contributed by atoms with Gasteiger partial charge in [0, 0.05) is 31.4 Å². The molecular weight excluding hydrogens is 332 g/mol. The van der Waals surface area contributed by atoms with Crippen molar-refractivity contribution in [1.82, 2.24) is 15.2 Å². The average molecular weight is 356 g/mol. The first-order chi connectivity index (χ1) is 12.5. The number of aliphatic carboxylic acids is 1. The maximum absolute atomic E-state index is 11.7. The van der Waals surface area contributed by atoms with Crippen LogP contribution in [0.4, 0.5) is 5.82 Å². The molecule has 3 rings (SSSR count). The zero-order valence-electron chi connectivity index (χ0n) is 14.8. The molecule has 2 heterocycles. The van der Waals surface area contributed by atoms with Crippen LogP contribution in [0.1, 0.15) is 28.4 Å². The Bertz CT molecular complexity index is 750. The van der Waals surface area contributed by atoms with Crippen LogP contribution >= 0.6 is 0 Å². The maximum Gasteiger partial charge on any atom is 0.317 e. The van der Waals surface area contributed by atoms with E-state index in [0.29, 0.717) is 24.5 Å². The summed E-state index contributed by atoms with van der Waals surface area (Å²) in [6, 6.07) is 11.1. The third-order valence-electron chi connectivity index (χ3n) is 3.94. The fourth-order valence-corrected chi connectivity index (χ4v) is 2.72. The molecule has 7 nitrogen and oxygen atoms in total. The molecule has 4 N–H and O–H groups in total. The largest absolute Gasteiger partial charge is 0.480 e. The molecule has 0 saturated heterocycles. The normalized spacial score (nSPS) is 13.1. The molecule has 2 aromatic rings. The Labute approximate surface area is 152 Å². The van der Waals surface area contributed by atoms with E-state index in [0.717, 1.165) is 24.1 Å². The van der Waals surface area contributed by atoms with Crippen molar-refractivity contribution in [2.24, 2.45) is 0 Å². The molecule has 26 heavy (non-hydrogen) atoms. The number of carboxylic acid groups (broad SMARTS) is 1. The fraction of sp³-hybridized carbons (Fsp3) is 0.316. The van der Waals surface area contributed by atoms with Gasteiger partial charge in [0.05, 0.1) is 6.54 Å². The van der Waals surface area contributed by atoms with E-state index in [9.17, 15) is 9.59 Å². The Balaban J connectivity index is 0.000000290. The maximum atomic E-state index is 11.7. The van der Waals surface area contributed by atoms with Crippen molar-refractivity contribution >= 4 is 17.7 Å². The lowest BCUT2D eigenvalue weighted by Crippen LogP contribution is -2.35. The van der Waals surface area contributed by atoms with Crippen LogP contribution in [0.25, 0.3) is 0 Å². The number of benzene rings is 1. The van der Waals surface area contributed by atoms with Crippen molar-refractivity contribution in [2.75, 3.05) is 25.4 Å². The first-order valence-electron chi connectivity index (χ1n) is 8.50. The minimum Gasteiger partial charge on any atom is -0.480 e. The van der Waals surface area contributed by atoms with Crippen LogP contribution in [0.3, 0.4) is 0 Å². The minimum atomic E-state index is -0.803. The second-order valence-electron chi connectivity index (χ2n) is 5.95. The highest BCUT2D eigenvalue weighted by atomic mass is 16.4. The number of carboxylic acids is 1. The summed E-state index contributed by atoms with van der Waals surface area (Å²) in [4.78, 5) is 28.1. The summed E-state index contributed by atoms with van der Waals surface area (Å²) in [7, 11) is 0. The number of fused-ring (bicyclic) bond motifs is 1. The number of carbonyl (C=O) groups is 2. The monoisotopic (exact) mass is 356 g/mol. The van der Waals surface area contributed by atoms with Crippen LogP contribution in [0.15, 0.2) is 42.6 Å². The summed E-state index contributed by atoms with van der Waals surface area (Å²) in [5.74, 6) is -0.289. The Morgan fingerprint density at radius 1 is 1.27 bits per heavy atom. The number of rotatable bonds is 4. The quantitative estimate of drug-likeness (QED) is 0.767. The Hall–Kier alpha value is -2.93. The van der Waals surface area contributed by atoms with Crippen LogP contribution in [0.2, 0.25) is 0 Å². The third kappa shape index (κ3) is 5.86. The van der Waals surface area contributed by atoms with Gasteiger partial charge in [-0.25, -0.2) is 4.98 Å². The van der Waals surface area contributed by atoms with Crippen molar-refractivity contribution in [3.63, 3.8) is 0 Å². The smallest absolute Gasteiger partial charge is 0.317 e. The summed E-state index contributed by atoms with van der Waals surface area (Å²) in [6.45, 7) is 3.93. The second-order valence-corrected chi connectivity index (χ2v) is 5.95. The van der Waals surface area contributed by atoms with Gasteiger partial charge in [-0.1, -0.05) is 12.1 Å². The lowest BCUT2D eigenvalue weighted by Gasteiger charge is -2.27. The molecule has 0 unspecified atom stereocenters. The Kier molecular flexibility index (Phi) is 7.11. The first kappa shape index (κ1) is 19.4. The van der Waals surface area contributed by atoms with Crippen LogP contribution in [0.5, 0.6) is 0 Å². The lowest BCUT2D eigenvalue weighted by molar-refractivity contribution is -0.138. The van der Waals surface area contributed by atoms with Crippen LogP contribution in [-0.2, 0) is 17.8 Å². The predicted octanol–water partition coefficient (Wildman–Crippen LogP) is 1.54. The molecule has 0 saturated carbocycles. The Morgan fingerprint density at radius 2 is 2.08 bits per heavy atom. The molecule has 0 fully saturated rings. The zero-order valence-corrected chi connectivity index (χ0v) is 14.8. The van der Waals surface area contributed by atoms with E-state index in [2.05, 4.69) is 10.3 Å². The molecule has 0 radical (unpaired) electrons. The van der Waals surface area contributed by atoms with E-state index >= 15 is 0 Å². The van der Waals surface area contributed by atoms with Gasteiger partial charge in [-0.3, -0.25) is 14.5 Å². The number of nitrogen functional groups attached to an aromatic ring is 1. The highest BCUT2D eigenvalue weighted by Gasteiger charge is 2.19. The molecule has 138 valence electrons. The van der Waals surface area contributed by atoms with Gasteiger partial charge in [0.2, 0.25) is 0 Å². The van der Waals surface area contributed by atoms with E-state index in [1.807, 2.05) is 36.1 Å². The second kappa shape index (κ2) is 9.53. The van der Waals surface area contributed by atoms with Gasteiger partial charge in [-0.2, -0.15) is 0 Å². The number of hydrogen-bond donors (Lipinski definition) is 3. The molecule has 1 aliphatic rings. The molecule has 7 heteroatoms. The van der Waals surface area contributed by atoms with E-state index in [4.69, 9.17) is 10.8 Å². The van der Waals surface area contributed by atoms with E-state index < -0.39 is 5.97 Å². The number of amides is 1. The standard InChI is InChI=1S/C14H18N2O3.C5H6N2/c1-2-15-14(19)11-3-4-12-8-16(9-13(17)18)6-5-10(12)7-11;6-5-3-1-2-4-7-5/h3-4,7H,2,5-6,8-9H2,1H3,(H,15,19)(H,17,18);1-4H,(H2,6,7). The number of anilines is 1. The van der Waals surface area contributed by atoms with Crippen LogP contribution in [0, 0.1) is 0 Å². The lowest BCUT2D eigenvalue weighted by atomic mass is 9.97. The van der Waals surface area contributed by atoms with Gasteiger partial charge < -0.3 is 16.2 Å². The number of aromatic nitrogens is 1. The number of carbonyl (C=O) groups excluding carboxylic acids is 1. The summed E-state index contributed by atoms with van der Waals surface area (Å²) < 4.78 is 0. The van der Waals surface area contributed by atoms with Gasteiger partial charge in [0.1, 0.15) is 5.82 Å². The molecule has 0 atom stereocenters. The van der Waals surface area contributed by atoms with Crippen molar-refractivity contribution in [2.45, 2.75) is 19.9 Å². The average Bonchev–Trinajstić information content (AvgIpc) is 2.62. The van der Waals surface area contributed by atoms with Gasteiger partial charge >= 0.3 is 5.97 Å². The van der Waals surface area contributed by atoms with Crippen molar-refractivity contribution in [3.05, 3.63) is 59.3 Å². The van der Waals surface area contributed by atoms with Crippen LogP contribution < -0.4 is 11.1 Å². The molecule has 1 aromatic carbocycles. The van der Waals surface area contributed by atoms with Crippen molar-refractivity contribution in [1.29, 1.82) is 0 Å². The number of nitrogens with two attached hydrogens (primary N) is 1. The topological polar surface area (TPSA) is 109 Å². The van der Waals surface area contributed by atoms with E-state index in [-0.39, 0.29) is 12.5 Å². The van der Waals surface area contributed by atoms with Gasteiger partial charge in [0.15, 0.2) is 0 Å².